The Morgan fingerprint density at radius 2 is 2.06 bits per heavy atom. The van der Waals surface area contributed by atoms with Crippen LogP contribution in [0.25, 0.3) is 0 Å². The van der Waals surface area contributed by atoms with E-state index in [0.29, 0.717) is 13.0 Å². The average molecular weight is 306 g/mol. The molecule has 0 aliphatic heterocycles. The first-order chi connectivity index (χ1) is 8.40. The summed E-state index contributed by atoms with van der Waals surface area (Å²) >= 11 is 6.39. The fraction of sp³-hybridized carbons (Fsp3) is 0.545. The summed E-state index contributed by atoms with van der Waals surface area (Å²) < 4.78 is 26.5. The van der Waals surface area contributed by atoms with Crippen LogP contribution in [0, 0.1) is 0 Å². The fourth-order valence-corrected chi connectivity index (χ4v) is 4.39. The zero-order valence-electron chi connectivity index (χ0n) is 10.5. The van der Waals surface area contributed by atoms with Gasteiger partial charge in [-0.15, -0.1) is 11.3 Å². The third kappa shape index (κ3) is 4.01. The minimum atomic E-state index is -3.48. The van der Waals surface area contributed by atoms with Gasteiger partial charge >= 0.3 is 0 Å². The van der Waals surface area contributed by atoms with E-state index in [2.05, 4.69) is 11.6 Å². The summed E-state index contributed by atoms with van der Waals surface area (Å²) in [7, 11) is -3.48. The number of sulfonamides is 1. The molecule has 0 saturated carbocycles. The second-order valence-corrected chi connectivity index (χ2v) is 7.56. The number of thiocarbonyl (C=S) groups is 1. The second kappa shape index (κ2) is 6.60. The van der Waals surface area contributed by atoms with Crippen molar-refractivity contribution in [1.82, 2.24) is 4.72 Å². The van der Waals surface area contributed by atoms with Gasteiger partial charge in [-0.1, -0.05) is 26.1 Å². The Morgan fingerprint density at radius 3 is 2.50 bits per heavy atom. The molecule has 3 N–H and O–H groups in total. The Balaban J connectivity index is 2.69. The van der Waals surface area contributed by atoms with Gasteiger partial charge in [-0.25, -0.2) is 13.1 Å². The minimum absolute atomic E-state index is 0.0189. The Hall–Kier alpha value is -0.500. The normalized spacial score (nSPS) is 13.4. The molecule has 0 aromatic carbocycles. The topological polar surface area (TPSA) is 72.2 Å². The van der Waals surface area contributed by atoms with Crippen LogP contribution in [0.15, 0.2) is 12.1 Å². The first-order valence-corrected chi connectivity index (χ1v) is 8.53. The molecule has 1 aromatic heterocycles. The van der Waals surface area contributed by atoms with Crippen molar-refractivity contribution < 1.29 is 8.42 Å². The van der Waals surface area contributed by atoms with Gasteiger partial charge in [0.05, 0.1) is 4.99 Å². The summed E-state index contributed by atoms with van der Waals surface area (Å²) in [5.74, 6) is 0. The smallest absolute Gasteiger partial charge is 0.221 e. The van der Waals surface area contributed by atoms with Gasteiger partial charge in [0.2, 0.25) is 10.0 Å². The summed E-state index contributed by atoms with van der Waals surface area (Å²) in [6, 6.07) is 3.95. The molecule has 0 spiro atoms. The molecule has 1 atom stereocenters. The van der Waals surface area contributed by atoms with E-state index in [1.54, 1.807) is 18.3 Å². The van der Waals surface area contributed by atoms with Crippen molar-refractivity contribution in [1.29, 1.82) is 0 Å². The molecular weight excluding hydrogens is 288 g/mol. The summed E-state index contributed by atoms with van der Waals surface area (Å²) in [6.45, 7) is 4.12. The van der Waals surface area contributed by atoms with Crippen molar-refractivity contribution in [2.75, 3.05) is 0 Å². The lowest BCUT2D eigenvalue weighted by molar-refractivity contribution is 0.574. The highest BCUT2D eigenvalue weighted by molar-refractivity contribution is 7.93. The van der Waals surface area contributed by atoms with Gasteiger partial charge in [-0.3, -0.25) is 0 Å². The Morgan fingerprint density at radius 1 is 1.44 bits per heavy atom. The van der Waals surface area contributed by atoms with Crippen LogP contribution in [0.4, 0.5) is 0 Å². The third-order valence-corrected chi connectivity index (χ3v) is 6.12. The van der Waals surface area contributed by atoms with Crippen LogP contribution in [0.3, 0.4) is 0 Å². The second-order valence-electron chi connectivity index (χ2n) is 3.89. The molecule has 0 radical (unpaired) electrons. The lowest BCUT2D eigenvalue weighted by Gasteiger charge is -2.14. The molecule has 0 fully saturated rings. The van der Waals surface area contributed by atoms with Gasteiger partial charge in [0.25, 0.3) is 0 Å². The zero-order chi connectivity index (χ0) is 13.8. The standard InChI is InChI=1S/C11H18N2O2S3/c1-3-8-5-6-9(17-8)7-13-18(14,15)10(4-2)11(12)16/h5-6,10,13H,3-4,7H2,1-2H3,(H2,12,16). The molecule has 1 heterocycles. The molecule has 102 valence electrons. The van der Waals surface area contributed by atoms with Gasteiger partial charge < -0.3 is 5.73 Å². The van der Waals surface area contributed by atoms with Crippen LogP contribution in [0.2, 0.25) is 0 Å². The average Bonchev–Trinajstić information content (AvgIpc) is 2.74. The van der Waals surface area contributed by atoms with Crippen LogP contribution in [-0.2, 0) is 23.0 Å². The third-order valence-electron chi connectivity index (χ3n) is 2.58. The summed E-state index contributed by atoms with van der Waals surface area (Å²) in [5.41, 5.74) is 5.44. The largest absolute Gasteiger partial charge is 0.392 e. The van der Waals surface area contributed by atoms with Gasteiger partial charge in [0, 0.05) is 16.3 Å². The molecule has 0 aliphatic carbocycles. The molecule has 18 heavy (non-hydrogen) atoms. The van der Waals surface area contributed by atoms with Crippen LogP contribution in [0.5, 0.6) is 0 Å². The molecule has 1 rings (SSSR count). The van der Waals surface area contributed by atoms with E-state index in [1.807, 2.05) is 12.1 Å². The first-order valence-electron chi connectivity index (χ1n) is 5.76. The maximum absolute atomic E-state index is 12.0. The molecule has 0 amide bonds. The summed E-state index contributed by atoms with van der Waals surface area (Å²) in [6.07, 6.45) is 1.34. The van der Waals surface area contributed by atoms with Crippen molar-refractivity contribution >= 4 is 38.6 Å². The van der Waals surface area contributed by atoms with E-state index in [-0.39, 0.29) is 4.99 Å². The van der Waals surface area contributed by atoms with E-state index in [0.717, 1.165) is 11.3 Å². The Kier molecular flexibility index (Phi) is 5.71. The predicted molar refractivity (Wildman–Crippen MR) is 80.3 cm³/mol. The molecule has 4 nitrogen and oxygen atoms in total. The molecule has 0 aliphatic rings. The van der Waals surface area contributed by atoms with Gasteiger partial charge in [0.15, 0.2) is 0 Å². The predicted octanol–water partition coefficient (Wildman–Crippen LogP) is 1.79. The number of thiophene rings is 1. The minimum Gasteiger partial charge on any atom is -0.392 e. The highest BCUT2D eigenvalue weighted by Crippen LogP contribution is 2.17. The van der Waals surface area contributed by atoms with Gasteiger partial charge in [0.1, 0.15) is 5.25 Å². The molecule has 0 bridgehead atoms. The Bertz CT molecular complexity index is 508. The van der Waals surface area contributed by atoms with E-state index in [1.165, 1.54) is 4.88 Å². The maximum atomic E-state index is 12.0. The van der Waals surface area contributed by atoms with Crippen LogP contribution < -0.4 is 10.5 Å². The highest BCUT2D eigenvalue weighted by atomic mass is 32.2. The van der Waals surface area contributed by atoms with Crippen molar-refractivity contribution in [2.45, 2.75) is 38.5 Å². The molecule has 1 aromatic rings. The van der Waals surface area contributed by atoms with E-state index in [4.69, 9.17) is 18.0 Å². The molecular formula is C11H18N2O2S3. The van der Waals surface area contributed by atoms with Crippen molar-refractivity contribution in [2.24, 2.45) is 5.73 Å². The van der Waals surface area contributed by atoms with E-state index < -0.39 is 15.3 Å². The van der Waals surface area contributed by atoms with Crippen LogP contribution >= 0.6 is 23.6 Å². The highest BCUT2D eigenvalue weighted by Gasteiger charge is 2.25. The quantitative estimate of drug-likeness (QED) is 0.753. The number of rotatable bonds is 7. The molecule has 0 saturated heterocycles. The van der Waals surface area contributed by atoms with Crippen molar-refractivity contribution in [3.63, 3.8) is 0 Å². The fourth-order valence-electron chi connectivity index (χ4n) is 1.55. The van der Waals surface area contributed by atoms with Crippen LogP contribution in [-0.4, -0.2) is 18.7 Å². The van der Waals surface area contributed by atoms with Gasteiger partial charge in [-0.05, 0) is 25.0 Å². The monoisotopic (exact) mass is 306 g/mol. The SMILES string of the molecule is CCc1ccc(CNS(=O)(=O)C(CC)C(N)=S)s1. The zero-order valence-corrected chi connectivity index (χ0v) is 12.9. The van der Waals surface area contributed by atoms with Crippen LogP contribution in [0.1, 0.15) is 30.0 Å². The maximum Gasteiger partial charge on any atom is 0.221 e. The van der Waals surface area contributed by atoms with Crippen molar-refractivity contribution in [3.05, 3.63) is 21.9 Å². The number of nitrogens with two attached hydrogens (primary N) is 1. The number of nitrogens with one attached hydrogen (secondary N) is 1. The number of hydrogen-bond donors (Lipinski definition) is 2. The van der Waals surface area contributed by atoms with E-state index >= 15 is 0 Å². The van der Waals surface area contributed by atoms with Crippen molar-refractivity contribution in [3.8, 4) is 0 Å². The summed E-state index contributed by atoms with van der Waals surface area (Å²) in [5, 5.41) is -0.793. The summed E-state index contributed by atoms with van der Waals surface area (Å²) in [4.78, 5) is 2.25. The Labute approximate surface area is 118 Å². The van der Waals surface area contributed by atoms with Gasteiger partial charge in [-0.2, -0.15) is 0 Å². The number of hydrogen-bond acceptors (Lipinski definition) is 4. The lowest BCUT2D eigenvalue weighted by Crippen LogP contribution is -2.41. The number of aryl methyl sites for hydroxylation is 1. The molecule has 1 unspecified atom stereocenters. The van der Waals surface area contributed by atoms with E-state index in [9.17, 15) is 8.42 Å². The molecule has 7 heteroatoms. The lowest BCUT2D eigenvalue weighted by atomic mass is 10.3. The first kappa shape index (κ1) is 15.6.